The molecule has 2 aromatic rings. The van der Waals surface area contributed by atoms with Crippen molar-refractivity contribution in [3.63, 3.8) is 0 Å². The summed E-state index contributed by atoms with van der Waals surface area (Å²) in [5, 5.41) is 7.99. The van der Waals surface area contributed by atoms with Gasteiger partial charge in [0.05, 0.1) is 5.39 Å². The summed E-state index contributed by atoms with van der Waals surface area (Å²) in [5.41, 5.74) is 1.51. The standard InChI is InChI=1S/C16H23N5S/c1-17-14-13-11-5-3-2-4-6-12(11)22-15(13)20-16(19-14)21-9-7-18-8-10-21/h18H,2-10H2,1H3,(H,17,19,20). The minimum atomic E-state index is 0.884. The van der Waals surface area contributed by atoms with Gasteiger partial charge in [-0.2, -0.15) is 4.98 Å². The predicted octanol–water partition coefficient (Wildman–Crippen LogP) is 2.41. The summed E-state index contributed by atoms with van der Waals surface area (Å²) in [7, 11) is 1.98. The van der Waals surface area contributed by atoms with Crippen LogP contribution in [0.25, 0.3) is 10.2 Å². The number of rotatable bonds is 2. The molecular formula is C16H23N5S. The molecule has 118 valence electrons. The fraction of sp³-hybridized carbons (Fsp3) is 0.625. The van der Waals surface area contributed by atoms with Gasteiger partial charge in [-0.05, 0) is 31.2 Å². The van der Waals surface area contributed by atoms with Crippen molar-refractivity contribution in [1.82, 2.24) is 15.3 Å². The second-order valence-corrected chi connectivity index (χ2v) is 7.19. The first kappa shape index (κ1) is 14.2. The molecule has 2 aliphatic rings. The average Bonchev–Trinajstić information content (AvgIpc) is 2.76. The number of piperazine rings is 1. The molecule has 1 saturated heterocycles. The van der Waals surface area contributed by atoms with E-state index >= 15 is 0 Å². The Kier molecular flexibility index (Phi) is 3.88. The monoisotopic (exact) mass is 317 g/mol. The van der Waals surface area contributed by atoms with Crippen LogP contribution < -0.4 is 15.5 Å². The van der Waals surface area contributed by atoms with E-state index in [4.69, 9.17) is 9.97 Å². The normalized spacial score (nSPS) is 19.0. The van der Waals surface area contributed by atoms with Crippen LogP contribution >= 0.6 is 11.3 Å². The zero-order valence-corrected chi connectivity index (χ0v) is 13.9. The van der Waals surface area contributed by atoms with Crippen LogP contribution in [-0.2, 0) is 12.8 Å². The Labute approximate surface area is 135 Å². The van der Waals surface area contributed by atoms with Gasteiger partial charge in [0.15, 0.2) is 0 Å². The number of aryl methyl sites for hydroxylation is 2. The maximum Gasteiger partial charge on any atom is 0.228 e. The van der Waals surface area contributed by atoms with E-state index < -0.39 is 0 Å². The number of fused-ring (bicyclic) bond motifs is 3. The van der Waals surface area contributed by atoms with Gasteiger partial charge in [-0.15, -0.1) is 11.3 Å². The lowest BCUT2D eigenvalue weighted by Crippen LogP contribution is -2.44. The van der Waals surface area contributed by atoms with Crippen molar-refractivity contribution < 1.29 is 0 Å². The number of thiophene rings is 1. The van der Waals surface area contributed by atoms with Gasteiger partial charge in [0.2, 0.25) is 5.95 Å². The van der Waals surface area contributed by atoms with Crippen LogP contribution in [0.5, 0.6) is 0 Å². The van der Waals surface area contributed by atoms with E-state index in [2.05, 4.69) is 15.5 Å². The molecule has 0 aromatic carbocycles. The van der Waals surface area contributed by atoms with Crippen LogP contribution in [0, 0.1) is 0 Å². The molecular weight excluding hydrogens is 294 g/mol. The van der Waals surface area contributed by atoms with Crippen LogP contribution in [0.1, 0.15) is 29.7 Å². The van der Waals surface area contributed by atoms with E-state index in [1.807, 2.05) is 18.4 Å². The number of aromatic nitrogens is 2. The van der Waals surface area contributed by atoms with Gasteiger partial charge in [0.25, 0.3) is 0 Å². The summed E-state index contributed by atoms with van der Waals surface area (Å²) in [6.07, 6.45) is 6.34. The molecule has 2 N–H and O–H groups in total. The highest BCUT2D eigenvalue weighted by Gasteiger charge is 2.22. The molecule has 22 heavy (non-hydrogen) atoms. The Hall–Kier alpha value is -1.40. The molecule has 5 nitrogen and oxygen atoms in total. The Morgan fingerprint density at radius 3 is 2.73 bits per heavy atom. The highest BCUT2D eigenvalue weighted by Crippen LogP contribution is 2.38. The van der Waals surface area contributed by atoms with Gasteiger partial charge >= 0.3 is 0 Å². The van der Waals surface area contributed by atoms with Crippen molar-refractivity contribution in [2.24, 2.45) is 0 Å². The molecule has 6 heteroatoms. The van der Waals surface area contributed by atoms with Crippen LogP contribution in [-0.4, -0.2) is 43.2 Å². The first-order valence-corrected chi connectivity index (χ1v) is 9.14. The molecule has 4 rings (SSSR count). The Morgan fingerprint density at radius 1 is 1.09 bits per heavy atom. The molecule has 0 amide bonds. The molecule has 1 aliphatic carbocycles. The third kappa shape index (κ3) is 2.44. The lowest BCUT2D eigenvalue weighted by Gasteiger charge is -2.27. The van der Waals surface area contributed by atoms with Gasteiger partial charge in [0, 0.05) is 38.1 Å². The minimum Gasteiger partial charge on any atom is -0.372 e. The summed E-state index contributed by atoms with van der Waals surface area (Å²) in [4.78, 5) is 14.7. The van der Waals surface area contributed by atoms with Gasteiger partial charge in [0.1, 0.15) is 10.6 Å². The highest BCUT2D eigenvalue weighted by molar-refractivity contribution is 7.19. The molecule has 0 radical (unpaired) electrons. The van der Waals surface area contributed by atoms with E-state index in [0.29, 0.717) is 0 Å². The zero-order chi connectivity index (χ0) is 14.9. The molecule has 1 fully saturated rings. The highest BCUT2D eigenvalue weighted by atomic mass is 32.1. The molecule has 2 aromatic heterocycles. The lowest BCUT2D eigenvalue weighted by atomic mass is 10.1. The summed E-state index contributed by atoms with van der Waals surface area (Å²) < 4.78 is 0. The largest absolute Gasteiger partial charge is 0.372 e. The minimum absolute atomic E-state index is 0.884. The third-order valence-electron chi connectivity index (χ3n) is 4.69. The third-order valence-corrected chi connectivity index (χ3v) is 5.88. The van der Waals surface area contributed by atoms with Crippen molar-refractivity contribution in [2.45, 2.75) is 32.1 Å². The second-order valence-electron chi connectivity index (χ2n) is 6.10. The molecule has 0 spiro atoms. The fourth-order valence-corrected chi connectivity index (χ4v) is 4.77. The first-order valence-electron chi connectivity index (χ1n) is 8.32. The van der Waals surface area contributed by atoms with E-state index in [9.17, 15) is 0 Å². The van der Waals surface area contributed by atoms with Crippen LogP contribution in [0.15, 0.2) is 0 Å². The quantitative estimate of drug-likeness (QED) is 0.833. The molecule has 0 saturated carbocycles. The number of nitrogens with zero attached hydrogens (tertiary/aromatic N) is 3. The van der Waals surface area contributed by atoms with Gasteiger partial charge in [-0.1, -0.05) is 6.42 Å². The zero-order valence-electron chi connectivity index (χ0n) is 13.1. The summed E-state index contributed by atoms with van der Waals surface area (Å²) in [6, 6.07) is 0. The first-order chi connectivity index (χ1) is 10.9. The topological polar surface area (TPSA) is 53.1 Å². The molecule has 0 unspecified atom stereocenters. The fourth-order valence-electron chi connectivity index (χ4n) is 3.51. The van der Waals surface area contributed by atoms with E-state index in [1.165, 1.54) is 52.8 Å². The van der Waals surface area contributed by atoms with Gasteiger partial charge in [-0.3, -0.25) is 0 Å². The summed E-state index contributed by atoms with van der Waals surface area (Å²) in [6.45, 7) is 3.99. The van der Waals surface area contributed by atoms with Gasteiger partial charge in [-0.25, -0.2) is 4.98 Å². The summed E-state index contributed by atoms with van der Waals surface area (Å²) >= 11 is 1.89. The SMILES string of the molecule is CNc1nc(N2CCNCC2)nc2sc3c(c12)CCCCC3. The maximum absolute atomic E-state index is 4.91. The lowest BCUT2D eigenvalue weighted by molar-refractivity contribution is 0.581. The maximum atomic E-state index is 4.91. The van der Waals surface area contributed by atoms with Crippen LogP contribution in [0.2, 0.25) is 0 Å². The molecule has 1 aliphatic heterocycles. The second kappa shape index (κ2) is 6.01. The van der Waals surface area contributed by atoms with E-state index in [1.54, 1.807) is 0 Å². The molecule has 3 heterocycles. The number of hydrogen-bond acceptors (Lipinski definition) is 6. The van der Waals surface area contributed by atoms with Gasteiger partial charge < -0.3 is 15.5 Å². The Balaban J connectivity index is 1.82. The summed E-state index contributed by atoms with van der Waals surface area (Å²) in [5.74, 6) is 1.90. The van der Waals surface area contributed by atoms with Crippen molar-refractivity contribution in [2.75, 3.05) is 43.4 Å². The van der Waals surface area contributed by atoms with Crippen LogP contribution in [0.4, 0.5) is 11.8 Å². The average molecular weight is 317 g/mol. The van der Waals surface area contributed by atoms with Crippen molar-refractivity contribution in [3.8, 4) is 0 Å². The van der Waals surface area contributed by atoms with Crippen molar-refractivity contribution in [1.29, 1.82) is 0 Å². The predicted molar refractivity (Wildman–Crippen MR) is 93.3 cm³/mol. The smallest absolute Gasteiger partial charge is 0.228 e. The molecule has 0 bridgehead atoms. The number of anilines is 2. The van der Waals surface area contributed by atoms with E-state index in [0.717, 1.165) is 37.9 Å². The van der Waals surface area contributed by atoms with Crippen molar-refractivity contribution >= 4 is 33.3 Å². The Bertz CT molecular complexity index is 675. The van der Waals surface area contributed by atoms with Crippen molar-refractivity contribution in [3.05, 3.63) is 10.4 Å². The van der Waals surface area contributed by atoms with Crippen LogP contribution in [0.3, 0.4) is 0 Å². The molecule has 0 atom stereocenters. The Morgan fingerprint density at radius 2 is 1.91 bits per heavy atom. The number of nitrogens with one attached hydrogen (secondary N) is 2. The number of hydrogen-bond donors (Lipinski definition) is 2. The van der Waals surface area contributed by atoms with E-state index in [-0.39, 0.29) is 0 Å².